The van der Waals surface area contributed by atoms with E-state index in [2.05, 4.69) is 75.0 Å². The molecule has 2 aromatic rings. The maximum atomic E-state index is 13.3. The molecule has 7 nitrogen and oxygen atoms in total. The summed E-state index contributed by atoms with van der Waals surface area (Å²) >= 11 is 0. The van der Waals surface area contributed by atoms with Crippen molar-refractivity contribution < 1.29 is 13.2 Å². The molecule has 2 aliphatic carbocycles. The van der Waals surface area contributed by atoms with Crippen LogP contribution in [0.25, 0.3) is 16.3 Å². The quantitative estimate of drug-likeness (QED) is 0.161. The average molecular weight is 657 g/mol. The molecule has 1 heterocycles. The molecule has 8 heteroatoms. The van der Waals surface area contributed by atoms with E-state index in [1.807, 2.05) is 18.2 Å². The van der Waals surface area contributed by atoms with Crippen LogP contribution in [0, 0.1) is 5.41 Å². The van der Waals surface area contributed by atoms with E-state index in [0.29, 0.717) is 31.5 Å². The van der Waals surface area contributed by atoms with Crippen LogP contribution < -0.4 is 20.5 Å². The van der Waals surface area contributed by atoms with Crippen LogP contribution in [0.15, 0.2) is 71.2 Å². The number of nitrogens with two attached hydrogens (primary N) is 1. The van der Waals surface area contributed by atoms with Crippen LogP contribution in [0.5, 0.6) is 5.75 Å². The lowest BCUT2D eigenvalue weighted by molar-refractivity contribution is 0.386. The Bertz CT molecular complexity index is 1800. The summed E-state index contributed by atoms with van der Waals surface area (Å²) < 4.78 is 36.2. The van der Waals surface area contributed by atoms with E-state index in [4.69, 9.17) is 15.9 Å². The number of fused-ring (bicyclic) bond motifs is 2. The van der Waals surface area contributed by atoms with Gasteiger partial charge in [0, 0.05) is 34.2 Å². The van der Waals surface area contributed by atoms with Crippen molar-refractivity contribution in [1.29, 1.82) is 5.41 Å². The van der Waals surface area contributed by atoms with E-state index < -0.39 is 21.4 Å². The highest BCUT2D eigenvalue weighted by Gasteiger charge is 2.32. The van der Waals surface area contributed by atoms with Gasteiger partial charge in [-0.1, -0.05) is 62.1 Å². The summed E-state index contributed by atoms with van der Waals surface area (Å²) in [5.74, 6) is 1.86. The third-order valence-corrected chi connectivity index (χ3v) is 11.5. The lowest BCUT2D eigenvalue weighted by Crippen LogP contribution is -2.35. The fourth-order valence-corrected chi connectivity index (χ4v) is 8.31. The summed E-state index contributed by atoms with van der Waals surface area (Å²) in [6.07, 6.45) is 19.1. The van der Waals surface area contributed by atoms with Gasteiger partial charge in [0.05, 0.1) is 5.25 Å². The molecule has 0 radical (unpaired) electrons. The van der Waals surface area contributed by atoms with Crippen molar-refractivity contribution in [3.63, 3.8) is 0 Å². The Hall–Kier alpha value is -3.62. The minimum atomic E-state index is -3.51. The van der Waals surface area contributed by atoms with Gasteiger partial charge in [0.2, 0.25) is 10.0 Å². The molecule has 0 amide bonds. The maximum absolute atomic E-state index is 13.3. The number of allylic oxidation sites excluding steroid dienone is 10. The fraction of sp³-hybridized carbons (Fsp3) is 0.462. The second kappa shape index (κ2) is 15.1. The van der Waals surface area contributed by atoms with Crippen molar-refractivity contribution in [1.82, 2.24) is 10.0 Å². The molecule has 0 saturated heterocycles. The predicted octanol–water partition coefficient (Wildman–Crippen LogP) is 8.97. The zero-order chi connectivity index (χ0) is 33.7. The topological polar surface area (TPSA) is 117 Å². The normalized spacial score (nSPS) is 20.4. The Morgan fingerprint density at radius 3 is 2.57 bits per heavy atom. The highest BCUT2D eigenvalue weighted by Crippen LogP contribution is 2.43. The van der Waals surface area contributed by atoms with Crippen molar-refractivity contribution in [3.05, 3.63) is 93.4 Å². The van der Waals surface area contributed by atoms with Gasteiger partial charge in [-0.3, -0.25) is 10.1 Å². The molecule has 5 rings (SSSR count). The Balaban J connectivity index is 1.55. The van der Waals surface area contributed by atoms with Crippen molar-refractivity contribution in [2.75, 3.05) is 0 Å². The lowest BCUT2D eigenvalue weighted by atomic mass is 9.87. The van der Waals surface area contributed by atoms with Crippen LogP contribution in [0.4, 0.5) is 0 Å². The number of nitrogens with one attached hydrogen (secondary N) is 3. The van der Waals surface area contributed by atoms with Gasteiger partial charge in [0.1, 0.15) is 23.5 Å². The summed E-state index contributed by atoms with van der Waals surface area (Å²) in [5.41, 5.74) is 14.8. The Morgan fingerprint density at radius 2 is 1.91 bits per heavy atom. The molecule has 0 aromatic heterocycles. The molecule has 0 bridgehead atoms. The van der Waals surface area contributed by atoms with Gasteiger partial charge in [-0.15, -0.1) is 0 Å². The summed E-state index contributed by atoms with van der Waals surface area (Å²) in [4.78, 5) is 0. The number of sulfonamides is 1. The van der Waals surface area contributed by atoms with Crippen molar-refractivity contribution in [3.8, 4) is 5.75 Å². The van der Waals surface area contributed by atoms with Crippen molar-refractivity contribution in [2.24, 2.45) is 5.73 Å². The third-order valence-electron chi connectivity index (χ3n) is 9.61. The molecule has 2 aromatic carbocycles. The second-order valence-electron chi connectivity index (χ2n) is 13.3. The summed E-state index contributed by atoms with van der Waals surface area (Å²) in [6.45, 7) is 10.7. The van der Waals surface area contributed by atoms with Crippen LogP contribution >= 0.6 is 0 Å². The molecule has 0 spiro atoms. The third kappa shape index (κ3) is 7.92. The number of unbranched alkanes of at least 4 members (excludes halogenated alkanes) is 2. The zero-order valence-corrected chi connectivity index (χ0v) is 29.6. The second-order valence-corrected chi connectivity index (χ2v) is 15.3. The van der Waals surface area contributed by atoms with Crippen LogP contribution in [-0.4, -0.2) is 19.5 Å². The number of rotatable bonds is 13. The van der Waals surface area contributed by atoms with E-state index >= 15 is 0 Å². The van der Waals surface area contributed by atoms with Crippen molar-refractivity contribution in [2.45, 2.75) is 117 Å². The van der Waals surface area contributed by atoms with Gasteiger partial charge in [-0.2, -0.15) is 0 Å². The Kier molecular flexibility index (Phi) is 11.1. The van der Waals surface area contributed by atoms with Gasteiger partial charge in [0.15, 0.2) is 0 Å². The highest BCUT2D eigenvalue weighted by atomic mass is 32.2. The first-order chi connectivity index (χ1) is 22.5. The molecule has 252 valence electrons. The van der Waals surface area contributed by atoms with Gasteiger partial charge in [-0.05, 0) is 113 Å². The largest absolute Gasteiger partial charge is 0.461 e. The van der Waals surface area contributed by atoms with Crippen LogP contribution in [-0.2, 0) is 16.4 Å². The van der Waals surface area contributed by atoms with Crippen LogP contribution in [0.2, 0.25) is 0 Å². The monoisotopic (exact) mass is 656 g/mol. The SMILES string of the molecule is C/C=C(\C=C(/C)c1c2c(cc3cc(CCCC)cc(OC4=CCC(S(=O)(=O)NC5=CC=C(C)CC5)CC4)c13)C(N)NC2=N)CCCC. The number of hydrogen-bond acceptors (Lipinski definition) is 5. The summed E-state index contributed by atoms with van der Waals surface area (Å²) in [6, 6.07) is 6.52. The molecule has 0 fully saturated rings. The van der Waals surface area contributed by atoms with Crippen LogP contribution in [0.1, 0.15) is 127 Å². The molecule has 1 aliphatic heterocycles. The molecule has 5 N–H and O–H groups in total. The Labute approximate surface area is 281 Å². The molecule has 3 aliphatic rings. The average Bonchev–Trinajstić information content (AvgIpc) is 3.34. The molecular weight excluding hydrogens is 605 g/mol. The highest BCUT2D eigenvalue weighted by molar-refractivity contribution is 7.90. The van der Waals surface area contributed by atoms with Gasteiger partial charge >= 0.3 is 0 Å². The van der Waals surface area contributed by atoms with Crippen LogP contribution in [0.3, 0.4) is 0 Å². The predicted molar refractivity (Wildman–Crippen MR) is 196 cm³/mol. The van der Waals surface area contributed by atoms with E-state index in [0.717, 1.165) is 95.2 Å². The first-order valence-corrected chi connectivity index (χ1v) is 18.9. The molecule has 47 heavy (non-hydrogen) atoms. The molecule has 2 unspecified atom stereocenters. The zero-order valence-electron chi connectivity index (χ0n) is 28.8. The smallest absolute Gasteiger partial charge is 0.235 e. The minimum Gasteiger partial charge on any atom is -0.461 e. The van der Waals surface area contributed by atoms with Gasteiger partial charge < -0.3 is 15.8 Å². The lowest BCUT2D eigenvalue weighted by Gasteiger charge is -2.25. The number of hydrogen-bond donors (Lipinski definition) is 4. The molecule has 0 saturated carbocycles. The van der Waals surface area contributed by atoms with E-state index in [-0.39, 0.29) is 0 Å². The fourth-order valence-electron chi connectivity index (χ4n) is 6.83. The van der Waals surface area contributed by atoms with E-state index in [1.54, 1.807) is 0 Å². The van der Waals surface area contributed by atoms with Crippen molar-refractivity contribution >= 4 is 32.2 Å². The Morgan fingerprint density at radius 1 is 1.13 bits per heavy atom. The standard InChI is InChI=1S/C39H52N4O3S/c1-6-9-11-27(8-3)21-26(5)35-36-29(24-33-37(35)39(41)42-38(33)40)22-28(12-10-7-2)23-34(36)46-31-17-19-32(20-18-31)47(44,45)43-30-15-13-25(4)14-16-30/h8,13,15,17,21-24,32,38,43H,6-7,9-12,14,16,18-20,40H2,1-5H3,(H2,41,42)/b26-21+,27-8-. The van der Waals surface area contributed by atoms with E-state index in [1.165, 1.54) is 16.7 Å². The van der Waals surface area contributed by atoms with Gasteiger partial charge in [-0.25, -0.2) is 8.42 Å². The van der Waals surface area contributed by atoms with Gasteiger partial charge in [0.25, 0.3) is 0 Å². The number of amidine groups is 1. The first kappa shape index (κ1) is 34.7. The number of ether oxygens (including phenoxy) is 1. The number of benzene rings is 2. The van der Waals surface area contributed by atoms with E-state index in [9.17, 15) is 8.42 Å². The summed E-state index contributed by atoms with van der Waals surface area (Å²) in [7, 11) is -3.51. The molecule has 2 atom stereocenters. The summed E-state index contributed by atoms with van der Waals surface area (Å²) in [5, 5.41) is 13.6. The number of aryl methyl sites for hydroxylation is 1. The molecular formula is C39H52N4O3S. The first-order valence-electron chi connectivity index (χ1n) is 17.4. The minimum absolute atomic E-state index is 0.324. The maximum Gasteiger partial charge on any atom is 0.235 e.